The SMILES string of the molecule is CCC(CNC)C(N)c1ccc2c(c1)CCCO2. The summed E-state index contributed by atoms with van der Waals surface area (Å²) in [5.41, 5.74) is 8.94. The minimum absolute atomic E-state index is 0.106. The first-order chi connectivity index (χ1) is 8.76. The van der Waals surface area contributed by atoms with Gasteiger partial charge in [0.15, 0.2) is 0 Å². The molecule has 1 aromatic carbocycles. The van der Waals surface area contributed by atoms with Gasteiger partial charge in [0.2, 0.25) is 0 Å². The van der Waals surface area contributed by atoms with Crippen molar-refractivity contribution in [2.75, 3.05) is 20.2 Å². The van der Waals surface area contributed by atoms with E-state index in [2.05, 4.69) is 30.4 Å². The molecule has 3 heteroatoms. The average Bonchev–Trinajstić information content (AvgIpc) is 2.43. The molecule has 18 heavy (non-hydrogen) atoms. The highest BCUT2D eigenvalue weighted by Gasteiger charge is 2.19. The first-order valence-corrected chi connectivity index (χ1v) is 6.92. The van der Waals surface area contributed by atoms with Crippen LogP contribution in [0, 0.1) is 5.92 Å². The van der Waals surface area contributed by atoms with Gasteiger partial charge in [0, 0.05) is 6.04 Å². The van der Waals surface area contributed by atoms with Gasteiger partial charge in [-0.25, -0.2) is 0 Å². The number of hydrogen-bond acceptors (Lipinski definition) is 3. The quantitative estimate of drug-likeness (QED) is 0.840. The number of fused-ring (bicyclic) bond motifs is 1. The molecule has 1 aromatic rings. The molecule has 1 heterocycles. The van der Waals surface area contributed by atoms with Gasteiger partial charge in [0.25, 0.3) is 0 Å². The van der Waals surface area contributed by atoms with E-state index in [0.29, 0.717) is 5.92 Å². The molecular weight excluding hydrogens is 224 g/mol. The van der Waals surface area contributed by atoms with Crippen LogP contribution in [0.4, 0.5) is 0 Å². The molecule has 0 radical (unpaired) electrons. The van der Waals surface area contributed by atoms with Crippen LogP contribution in [0.5, 0.6) is 5.75 Å². The molecule has 1 aliphatic rings. The van der Waals surface area contributed by atoms with Crippen molar-refractivity contribution in [3.05, 3.63) is 29.3 Å². The second-order valence-electron chi connectivity index (χ2n) is 5.07. The molecule has 0 saturated heterocycles. The van der Waals surface area contributed by atoms with Gasteiger partial charge in [-0.2, -0.15) is 0 Å². The van der Waals surface area contributed by atoms with Crippen LogP contribution in [0.1, 0.15) is 36.9 Å². The van der Waals surface area contributed by atoms with Gasteiger partial charge >= 0.3 is 0 Å². The number of benzene rings is 1. The summed E-state index contributed by atoms with van der Waals surface area (Å²) in [4.78, 5) is 0. The van der Waals surface area contributed by atoms with E-state index >= 15 is 0 Å². The summed E-state index contributed by atoms with van der Waals surface area (Å²) < 4.78 is 5.64. The fourth-order valence-corrected chi connectivity index (χ4v) is 2.65. The van der Waals surface area contributed by atoms with Crippen LogP contribution in [0.3, 0.4) is 0 Å². The number of rotatable bonds is 5. The zero-order valence-corrected chi connectivity index (χ0v) is 11.4. The fraction of sp³-hybridized carbons (Fsp3) is 0.600. The molecule has 0 aliphatic carbocycles. The van der Waals surface area contributed by atoms with E-state index < -0.39 is 0 Å². The lowest BCUT2D eigenvalue weighted by atomic mass is 9.89. The first kappa shape index (κ1) is 13.4. The smallest absolute Gasteiger partial charge is 0.122 e. The van der Waals surface area contributed by atoms with E-state index in [1.54, 1.807) is 0 Å². The van der Waals surface area contributed by atoms with Crippen LogP contribution in [-0.2, 0) is 6.42 Å². The van der Waals surface area contributed by atoms with Crippen molar-refractivity contribution in [2.45, 2.75) is 32.2 Å². The zero-order valence-electron chi connectivity index (χ0n) is 11.4. The Morgan fingerprint density at radius 2 is 2.28 bits per heavy atom. The maximum Gasteiger partial charge on any atom is 0.122 e. The van der Waals surface area contributed by atoms with Gasteiger partial charge < -0.3 is 15.8 Å². The minimum Gasteiger partial charge on any atom is -0.493 e. The predicted molar refractivity (Wildman–Crippen MR) is 74.9 cm³/mol. The van der Waals surface area contributed by atoms with Crippen LogP contribution < -0.4 is 15.8 Å². The highest BCUT2D eigenvalue weighted by molar-refractivity contribution is 5.39. The zero-order chi connectivity index (χ0) is 13.0. The lowest BCUT2D eigenvalue weighted by Crippen LogP contribution is -2.29. The van der Waals surface area contributed by atoms with Crippen LogP contribution >= 0.6 is 0 Å². The third kappa shape index (κ3) is 2.85. The maximum absolute atomic E-state index is 6.39. The minimum atomic E-state index is 0.106. The van der Waals surface area contributed by atoms with Crippen LogP contribution in [0.25, 0.3) is 0 Å². The molecule has 2 atom stereocenters. The Hall–Kier alpha value is -1.06. The molecule has 2 rings (SSSR count). The van der Waals surface area contributed by atoms with Crippen molar-refractivity contribution < 1.29 is 4.74 Å². The number of ether oxygens (including phenoxy) is 1. The van der Waals surface area contributed by atoms with E-state index in [4.69, 9.17) is 10.5 Å². The fourth-order valence-electron chi connectivity index (χ4n) is 2.65. The summed E-state index contributed by atoms with van der Waals surface area (Å²) in [5.74, 6) is 1.52. The largest absolute Gasteiger partial charge is 0.493 e. The lowest BCUT2D eigenvalue weighted by molar-refractivity contribution is 0.288. The molecule has 0 amide bonds. The number of nitrogens with one attached hydrogen (secondary N) is 1. The summed E-state index contributed by atoms with van der Waals surface area (Å²) >= 11 is 0. The second kappa shape index (κ2) is 6.21. The molecule has 0 saturated carbocycles. The summed E-state index contributed by atoms with van der Waals surface area (Å²) in [6, 6.07) is 6.54. The Bertz CT molecular complexity index is 392. The second-order valence-corrected chi connectivity index (χ2v) is 5.07. The van der Waals surface area contributed by atoms with Crippen molar-refractivity contribution in [3.63, 3.8) is 0 Å². The molecule has 0 bridgehead atoms. The molecule has 100 valence electrons. The summed E-state index contributed by atoms with van der Waals surface area (Å²) in [6.07, 6.45) is 3.31. The van der Waals surface area contributed by atoms with Gasteiger partial charge in [0.1, 0.15) is 5.75 Å². The summed E-state index contributed by atoms with van der Waals surface area (Å²) in [6.45, 7) is 4.00. The van der Waals surface area contributed by atoms with Crippen molar-refractivity contribution in [1.29, 1.82) is 0 Å². The monoisotopic (exact) mass is 248 g/mol. The van der Waals surface area contributed by atoms with E-state index in [9.17, 15) is 0 Å². The van der Waals surface area contributed by atoms with E-state index in [0.717, 1.165) is 38.2 Å². The highest BCUT2D eigenvalue weighted by Crippen LogP contribution is 2.30. The Balaban J connectivity index is 2.17. The standard InChI is InChI=1S/C15H24N2O/c1-3-11(10-17-2)15(16)13-6-7-14-12(9-13)5-4-8-18-14/h6-7,9,11,15,17H,3-5,8,10,16H2,1-2H3. The molecule has 1 aliphatic heterocycles. The molecule has 0 aromatic heterocycles. The summed E-state index contributed by atoms with van der Waals surface area (Å²) in [5, 5.41) is 3.23. The van der Waals surface area contributed by atoms with Gasteiger partial charge in [-0.3, -0.25) is 0 Å². The van der Waals surface area contributed by atoms with E-state index in [1.165, 1.54) is 11.1 Å². The van der Waals surface area contributed by atoms with Gasteiger partial charge in [0.05, 0.1) is 6.61 Å². The maximum atomic E-state index is 6.39. The highest BCUT2D eigenvalue weighted by atomic mass is 16.5. The Labute approximate surface area is 110 Å². The Morgan fingerprint density at radius 3 is 3.00 bits per heavy atom. The van der Waals surface area contributed by atoms with Crippen LogP contribution in [0.15, 0.2) is 18.2 Å². The van der Waals surface area contributed by atoms with Crippen LogP contribution in [-0.4, -0.2) is 20.2 Å². The molecule has 0 fully saturated rings. The van der Waals surface area contributed by atoms with Crippen molar-refractivity contribution in [2.24, 2.45) is 11.7 Å². The van der Waals surface area contributed by atoms with E-state index in [-0.39, 0.29) is 6.04 Å². The number of hydrogen-bond donors (Lipinski definition) is 2. The lowest BCUT2D eigenvalue weighted by Gasteiger charge is -2.25. The first-order valence-electron chi connectivity index (χ1n) is 6.92. The van der Waals surface area contributed by atoms with Gasteiger partial charge in [-0.1, -0.05) is 25.5 Å². The van der Waals surface area contributed by atoms with Crippen molar-refractivity contribution in [1.82, 2.24) is 5.32 Å². The van der Waals surface area contributed by atoms with E-state index in [1.807, 2.05) is 7.05 Å². The normalized spacial score (nSPS) is 17.7. The molecular formula is C15H24N2O. The third-order valence-corrected chi connectivity index (χ3v) is 3.82. The predicted octanol–water partition coefficient (Wildman–Crippen LogP) is 2.26. The number of nitrogens with two attached hydrogens (primary N) is 1. The van der Waals surface area contributed by atoms with Crippen LogP contribution in [0.2, 0.25) is 0 Å². The molecule has 3 nitrogen and oxygen atoms in total. The third-order valence-electron chi connectivity index (χ3n) is 3.82. The molecule has 0 spiro atoms. The van der Waals surface area contributed by atoms with Gasteiger partial charge in [-0.05, 0) is 49.5 Å². The molecule has 2 unspecified atom stereocenters. The van der Waals surface area contributed by atoms with Crippen molar-refractivity contribution in [3.8, 4) is 5.75 Å². The Kier molecular flexibility index (Phi) is 4.61. The topological polar surface area (TPSA) is 47.3 Å². The van der Waals surface area contributed by atoms with Crippen molar-refractivity contribution >= 4 is 0 Å². The Morgan fingerprint density at radius 1 is 1.44 bits per heavy atom. The van der Waals surface area contributed by atoms with Gasteiger partial charge in [-0.15, -0.1) is 0 Å². The summed E-state index contributed by atoms with van der Waals surface area (Å²) in [7, 11) is 1.98. The number of aryl methyl sites for hydroxylation is 1. The molecule has 3 N–H and O–H groups in total. The average molecular weight is 248 g/mol.